The zero-order valence-electron chi connectivity index (χ0n) is 7.88. The van der Waals surface area contributed by atoms with E-state index >= 15 is 0 Å². The molecule has 3 aliphatic heterocycles. The maximum atomic E-state index is 9.79. The molecule has 1 aromatic heterocycles. The minimum atomic E-state index is -1.62. The van der Waals surface area contributed by atoms with E-state index in [-0.39, 0.29) is 6.10 Å². The molecular formula is C9H11BNO3-. The van der Waals surface area contributed by atoms with Gasteiger partial charge in [-0.1, -0.05) is 6.07 Å². The Morgan fingerprint density at radius 3 is 3.00 bits per heavy atom. The van der Waals surface area contributed by atoms with Crippen LogP contribution in [0.2, 0.25) is 0 Å². The molecule has 3 fully saturated rings. The van der Waals surface area contributed by atoms with Crippen LogP contribution in [0.5, 0.6) is 0 Å². The van der Waals surface area contributed by atoms with Gasteiger partial charge in [0.15, 0.2) is 0 Å². The minimum Gasteiger partial charge on any atom is -0.561 e. The third-order valence-electron chi connectivity index (χ3n) is 3.08. The van der Waals surface area contributed by atoms with Crippen LogP contribution in [0.3, 0.4) is 0 Å². The lowest BCUT2D eigenvalue weighted by Crippen LogP contribution is -2.70. The maximum absolute atomic E-state index is 9.79. The summed E-state index contributed by atoms with van der Waals surface area (Å²) in [4.78, 5) is 4.08. The van der Waals surface area contributed by atoms with E-state index in [1.54, 1.807) is 12.4 Å². The molecule has 1 N–H and O–H groups in total. The third kappa shape index (κ3) is 0.868. The summed E-state index contributed by atoms with van der Waals surface area (Å²) in [7, 11) is 0. The predicted molar refractivity (Wildman–Crippen MR) is 51.2 cm³/mol. The van der Waals surface area contributed by atoms with E-state index in [9.17, 15) is 5.11 Å². The molecule has 3 saturated heterocycles. The minimum absolute atomic E-state index is 0.129. The van der Waals surface area contributed by atoms with Crippen molar-refractivity contribution >= 4 is 12.0 Å². The zero-order valence-corrected chi connectivity index (χ0v) is 7.88. The van der Waals surface area contributed by atoms with Crippen LogP contribution in [-0.2, 0) is 9.31 Å². The maximum Gasteiger partial charge on any atom is 0.301 e. The van der Waals surface area contributed by atoms with E-state index in [1.807, 2.05) is 13.0 Å². The zero-order chi connectivity index (χ0) is 9.76. The summed E-state index contributed by atoms with van der Waals surface area (Å²) in [6.07, 6.45) is 3.35. The average Bonchev–Trinajstić information content (AvgIpc) is 2.75. The van der Waals surface area contributed by atoms with Gasteiger partial charge in [0, 0.05) is 24.9 Å². The molecule has 1 aromatic rings. The highest BCUT2D eigenvalue weighted by Gasteiger charge is 2.57. The van der Waals surface area contributed by atoms with Crippen molar-refractivity contribution in [2.45, 2.75) is 19.0 Å². The summed E-state index contributed by atoms with van der Waals surface area (Å²) in [6, 6.07) is 1.47. The van der Waals surface area contributed by atoms with E-state index in [2.05, 4.69) is 4.98 Å². The summed E-state index contributed by atoms with van der Waals surface area (Å²) >= 11 is 0. The summed E-state index contributed by atoms with van der Waals surface area (Å²) < 4.78 is 11.1. The molecule has 4 nitrogen and oxygen atoms in total. The van der Waals surface area contributed by atoms with Gasteiger partial charge in [-0.15, -0.1) is 5.46 Å². The van der Waals surface area contributed by atoms with Crippen molar-refractivity contribution in [3.63, 3.8) is 0 Å². The Bertz CT molecular complexity index is 382. The summed E-state index contributed by atoms with van der Waals surface area (Å²) in [5.74, 6) is 0. The van der Waals surface area contributed by atoms with E-state index in [0.29, 0.717) is 6.61 Å². The van der Waals surface area contributed by atoms with Crippen LogP contribution < -0.4 is 5.46 Å². The van der Waals surface area contributed by atoms with Crippen molar-refractivity contribution in [2.75, 3.05) is 6.61 Å². The Hall–Kier alpha value is -0.905. The molecule has 0 spiro atoms. The lowest BCUT2D eigenvalue weighted by molar-refractivity contribution is 0.0263. The molecule has 4 rings (SSSR count). The standard InChI is InChI=1S/C9H11BNO3/c1-6-2-7(4-11-3-6)10-9(12)8(14-10)5-13-10/h2-4,8-9,12H,5H2,1H3/q-1. The van der Waals surface area contributed by atoms with Gasteiger partial charge >= 0.3 is 6.55 Å². The number of aromatic nitrogens is 1. The predicted octanol–water partition coefficient (Wildman–Crippen LogP) is -0.632. The third-order valence-corrected chi connectivity index (χ3v) is 3.08. The first-order chi connectivity index (χ1) is 6.72. The first kappa shape index (κ1) is 8.41. The highest BCUT2D eigenvalue weighted by molar-refractivity contribution is 6.85. The van der Waals surface area contributed by atoms with Crippen LogP contribution in [0.4, 0.5) is 0 Å². The van der Waals surface area contributed by atoms with Gasteiger partial charge in [-0.05, 0) is 18.7 Å². The Morgan fingerprint density at radius 2 is 2.43 bits per heavy atom. The topological polar surface area (TPSA) is 51.6 Å². The molecule has 3 atom stereocenters. The van der Waals surface area contributed by atoms with Crippen LogP contribution in [0.15, 0.2) is 18.5 Å². The molecule has 2 bridgehead atoms. The van der Waals surface area contributed by atoms with Crippen LogP contribution in [0, 0.1) is 6.92 Å². The van der Waals surface area contributed by atoms with Gasteiger partial charge in [-0.25, -0.2) is 0 Å². The number of rotatable bonds is 1. The SMILES string of the molecule is Cc1cncc([B-]23OCC(O2)C3O)c1. The van der Waals surface area contributed by atoms with Crippen molar-refractivity contribution in [3.05, 3.63) is 24.0 Å². The Labute approximate surface area is 81.8 Å². The first-order valence-electron chi connectivity index (χ1n) is 4.79. The summed E-state index contributed by atoms with van der Waals surface area (Å²) in [6.45, 7) is 0.837. The highest BCUT2D eigenvalue weighted by Crippen LogP contribution is 2.37. The number of aryl methyl sites for hydroxylation is 1. The number of hydrogen-bond donors (Lipinski definition) is 1. The van der Waals surface area contributed by atoms with Crippen molar-refractivity contribution in [1.29, 1.82) is 0 Å². The van der Waals surface area contributed by atoms with E-state index < -0.39 is 12.6 Å². The second-order valence-electron chi connectivity index (χ2n) is 4.06. The molecule has 0 amide bonds. The smallest absolute Gasteiger partial charge is 0.301 e. The molecule has 0 aromatic carbocycles. The van der Waals surface area contributed by atoms with Crippen LogP contribution >= 0.6 is 0 Å². The van der Waals surface area contributed by atoms with E-state index in [0.717, 1.165) is 11.0 Å². The molecule has 4 heterocycles. The number of pyridine rings is 1. The normalized spacial score (nSPS) is 39.6. The van der Waals surface area contributed by atoms with Crippen molar-refractivity contribution in [2.24, 2.45) is 0 Å². The van der Waals surface area contributed by atoms with E-state index in [1.165, 1.54) is 0 Å². The monoisotopic (exact) mass is 192 g/mol. The molecule has 0 aliphatic carbocycles. The fourth-order valence-corrected chi connectivity index (χ4v) is 2.30. The van der Waals surface area contributed by atoms with Gasteiger partial charge in [0.05, 0.1) is 0 Å². The van der Waals surface area contributed by atoms with Crippen LogP contribution in [0.25, 0.3) is 0 Å². The summed E-state index contributed by atoms with van der Waals surface area (Å²) in [5, 5.41) is 9.79. The number of hydrogen-bond acceptors (Lipinski definition) is 4. The van der Waals surface area contributed by atoms with E-state index in [4.69, 9.17) is 9.31 Å². The average molecular weight is 192 g/mol. The van der Waals surface area contributed by atoms with Crippen molar-refractivity contribution in [1.82, 2.24) is 4.98 Å². The fraction of sp³-hybridized carbons (Fsp3) is 0.444. The lowest BCUT2D eigenvalue weighted by atomic mass is 9.43. The van der Waals surface area contributed by atoms with Gasteiger partial charge in [0.25, 0.3) is 0 Å². The number of fused-ring (bicyclic) bond motifs is 1. The molecule has 5 heteroatoms. The van der Waals surface area contributed by atoms with Crippen LogP contribution in [0.1, 0.15) is 5.56 Å². The lowest BCUT2D eigenvalue weighted by Gasteiger charge is -2.50. The highest BCUT2D eigenvalue weighted by atomic mass is 16.7. The van der Waals surface area contributed by atoms with Gasteiger partial charge in [0.2, 0.25) is 0 Å². The Morgan fingerprint density at radius 1 is 1.57 bits per heavy atom. The molecular weight excluding hydrogens is 181 g/mol. The number of aliphatic hydroxyl groups is 1. The first-order valence-corrected chi connectivity index (χ1v) is 4.79. The van der Waals surface area contributed by atoms with Gasteiger partial charge in [-0.2, -0.15) is 0 Å². The number of nitrogens with zero attached hydrogens (tertiary/aromatic N) is 1. The molecule has 3 unspecified atom stereocenters. The second kappa shape index (κ2) is 2.56. The fourth-order valence-electron chi connectivity index (χ4n) is 2.30. The van der Waals surface area contributed by atoms with Crippen LogP contribution in [-0.4, -0.2) is 35.4 Å². The van der Waals surface area contributed by atoms with Gasteiger partial charge < -0.3 is 14.4 Å². The molecule has 14 heavy (non-hydrogen) atoms. The second-order valence-corrected chi connectivity index (χ2v) is 4.06. The Kier molecular flexibility index (Phi) is 1.54. The Balaban J connectivity index is 2.03. The molecule has 0 saturated carbocycles. The van der Waals surface area contributed by atoms with Gasteiger partial charge in [0.1, 0.15) is 0 Å². The molecule has 74 valence electrons. The summed E-state index contributed by atoms with van der Waals surface area (Å²) in [5.41, 5.74) is 1.92. The van der Waals surface area contributed by atoms with Crippen molar-refractivity contribution in [3.8, 4) is 0 Å². The number of aliphatic hydroxyl groups excluding tert-OH is 1. The molecule has 3 aliphatic rings. The molecule has 0 radical (unpaired) electrons. The van der Waals surface area contributed by atoms with Gasteiger partial charge in [-0.3, -0.25) is 4.98 Å². The van der Waals surface area contributed by atoms with Crippen molar-refractivity contribution < 1.29 is 14.4 Å². The largest absolute Gasteiger partial charge is 0.561 e. The quantitative estimate of drug-likeness (QED) is 0.601.